The first-order chi connectivity index (χ1) is 16.1. The van der Waals surface area contributed by atoms with E-state index >= 15 is 0 Å². The molecule has 9 nitrogen and oxygen atoms in total. The standard InChI is InChI=1S/C24H29N7O2/c1-31-11-4-12-33-21-13-17(7-6-16(21)5-2-3-9-25)18-15-28-23(26)22(29-18)24(32)30-19-14-27-10-8-20(19)31/h6-8,10,13-15H,2-5,9,11-12,25H2,1H3,(H2,26,28)(H,30,32). The summed E-state index contributed by atoms with van der Waals surface area (Å²) in [6, 6.07) is 7.84. The summed E-state index contributed by atoms with van der Waals surface area (Å²) in [6.45, 7) is 1.97. The first-order valence-corrected chi connectivity index (χ1v) is 11.1. The molecule has 1 aromatic carbocycles. The lowest BCUT2D eigenvalue weighted by Crippen LogP contribution is -2.23. The predicted molar refractivity (Wildman–Crippen MR) is 129 cm³/mol. The Hall–Kier alpha value is -3.72. The zero-order valence-electron chi connectivity index (χ0n) is 18.8. The lowest BCUT2D eigenvalue weighted by atomic mass is 10.0. The number of hydrogen-bond acceptors (Lipinski definition) is 8. The number of hydrogen-bond donors (Lipinski definition) is 3. The van der Waals surface area contributed by atoms with Gasteiger partial charge >= 0.3 is 0 Å². The van der Waals surface area contributed by atoms with Crippen molar-refractivity contribution in [3.05, 3.63) is 54.1 Å². The average Bonchev–Trinajstić information content (AvgIpc) is 2.82. The number of anilines is 3. The molecule has 3 aromatic rings. The molecular formula is C24H29N7O2. The molecule has 2 aromatic heterocycles. The minimum Gasteiger partial charge on any atom is -0.493 e. The number of nitrogen functional groups attached to an aromatic ring is 1. The minimum atomic E-state index is -0.436. The number of carbonyl (C=O) groups is 1. The molecule has 0 fully saturated rings. The maximum absolute atomic E-state index is 13.1. The Bertz CT molecular complexity index is 1140. The molecule has 0 radical (unpaired) electrons. The molecule has 5 N–H and O–H groups in total. The van der Waals surface area contributed by atoms with Crippen molar-refractivity contribution in [2.75, 3.05) is 42.7 Å². The van der Waals surface area contributed by atoms with Crippen LogP contribution in [0.3, 0.4) is 0 Å². The normalized spacial score (nSPS) is 13.9. The number of amides is 1. The van der Waals surface area contributed by atoms with Gasteiger partial charge in [-0.15, -0.1) is 0 Å². The van der Waals surface area contributed by atoms with Crippen molar-refractivity contribution in [3.8, 4) is 17.0 Å². The Morgan fingerprint density at radius 1 is 1.21 bits per heavy atom. The summed E-state index contributed by atoms with van der Waals surface area (Å²) in [4.78, 5) is 28.0. The Kier molecular flexibility index (Phi) is 6.99. The summed E-state index contributed by atoms with van der Waals surface area (Å²) < 4.78 is 6.21. The monoisotopic (exact) mass is 447 g/mol. The van der Waals surface area contributed by atoms with Gasteiger partial charge in [0.25, 0.3) is 5.91 Å². The van der Waals surface area contributed by atoms with E-state index in [-0.39, 0.29) is 11.5 Å². The summed E-state index contributed by atoms with van der Waals surface area (Å²) in [6.07, 6.45) is 8.52. The van der Waals surface area contributed by atoms with Crippen molar-refractivity contribution in [2.24, 2.45) is 5.73 Å². The second kappa shape index (κ2) is 10.3. The molecule has 4 bridgehead atoms. The van der Waals surface area contributed by atoms with E-state index in [1.807, 2.05) is 31.3 Å². The van der Waals surface area contributed by atoms with Gasteiger partial charge in [0.15, 0.2) is 11.5 Å². The van der Waals surface area contributed by atoms with Crippen LogP contribution in [0.25, 0.3) is 11.3 Å². The molecule has 4 rings (SSSR count). The molecule has 0 unspecified atom stereocenters. The predicted octanol–water partition coefficient (Wildman–Crippen LogP) is 2.87. The van der Waals surface area contributed by atoms with E-state index in [1.165, 1.54) is 0 Å². The third-order valence-corrected chi connectivity index (χ3v) is 5.63. The second-order valence-corrected chi connectivity index (χ2v) is 8.03. The molecule has 172 valence electrons. The van der Waals surface area contributed by atoms with Gasteiger partial charge in [0.05, 0.1) is 36.1 Å². The van der Waals surface area contributed by atoms with Gasteiger partial charge in [0.2, 0.25) is 0 Å². The fourth-order valence-electron chi connectivity index (χ4n) is 3.82. The number of ether oxygens (including phenoxy) is 1. The molecule has 33 heavy (non-hydrogen) atoms. The van der Waals surface area contributed by atoms with Gasteiger partial charge in [-0.1, -0.05) is 12.1 Å². The highest BCUT2D eigenvalue weighted by molar-refractivity contribution is 6.07. The number of unbranched alkanes of at least 4 members (excludes halogenated alkanes) is 1. The van der Waals surface area contributed by atoms with Gasteiger partial charge in [-0.25, -0.2) is 9.97 Å². The van der Waals surface area contributed by atoms with Crippen molar-refractivity contribution in [2.45, 2.75) is 25.7 Å². The van der Waals surface area contributed by atoms with Crippen molar-refractivity contribution < 1.29 is 9.53 Å². The number of nitrogens with zero attached hydrogens (tertiary/aromatic N) is 4. The van der Waals surface area contributed by atoms with E-state index in [9.17, 15) is 4.79 Å². The molecule has 0 spiro atoms. The zero-order valence-corrected chi connectivity index (χ0v) is 18.8. The highest BCUT2D eigenvalue weighted by Crippen LogP contribution is 2.30. The van der Waals surface area contributed by atoms with E-state index in [2.05, 4.69) is 25.2 Å². The van der Waals surface area contributed by atoms with Crippen molar-refractivity contribution in [1.82, 2.24) is 15.0 Å². The van der Waals surface area contributed by atoms with Crippen LogP contribution in [-0.2, 0) is 6.42 Å². The molecule has 1 aliphatic heterocycles. The number of aromatic nitrogens is 3. The van der Waals surface area contributed by atoms with E-state index in [1.54, 1.807) is 18.6 Å². The lowest BCUT2D eigenvalue weighted by Gasteiger charge is -2.22. The number of benzene rings is 1. The van der Waals surface area contributed by atoms with Crippen LogP contribution < -0.4 is 26.4 Å². The number of pyridine rings is 1. The van der Waals surface area contributed by atoms with Gasteiger partial charge in [0.1, 0.15) is 5.75 Å². The summed E-state index contributed by atoms with van der Waals surface area (Å²) >= 11 is 0. The Labute approximate surface area is 193 Å². The highest BCUT2D eigenvalue weighted by atomic mass is 16.5. The topological polar surface area (TPSA) is 132 Å². The molecule has 0 atom stereocenters. The minimum absolute atomic E-state index is 0.0641. The first kappa shape index (κ1) is 22.5. The van der Waals surface area contributed by atoms with Crippen LogP contribution in [0.5, 0.6) is 5.75 Å². The van der Waals surface area contributed by atoms with Crippen LogP contribution in [0, 0.1) is 0 Å². The first-order valence-electron chi connectivity index (χ1n) is 11.1. The van der Waals surface area contributed by atoms with Crippen LogP contribution in [0.1, 0.15) is 35.3 Å². The van der Waals surface area contributed by atoms with Crippen molar-refractivity contribution in [1.29, 1.82) is 0 Å². The van der Waals surface area contributed by atoms with E-state index in [0.29, 0.717) is 24.5 Å². The lowest BCUT2D eigenvalue weighted by molar-refractivity contribution is 0.102. The summed E-state index contributed by atoms with van der Waals surface area (Å²) in [5.74, 6) is 0.444. The smallest absolute Gasteiger partial charge is 0.278 e. The summed E-state index contributed by atoms with van der Waals surface area (Å²) in [7, 11) is 1.97. The fraction of sp³-hybridized carbons (Fsp3) is 0.333. The Balaban J connectivity index is 1.74. The molecule has 0 saturated carbocycles. The highest BCUT2D eigenvalue weighted by Gasteiger charge is 2.19. The van der Waals surface area contributed by atoms with Crippen molar-refractivity contribution >= 4 is 23.1 Å². The molecule has 1 amide bonds. The van der Waals surface area contributed by atoms with E-state index < -0.39 is 5.91 Å². The number of carbonyl (C=O) groups excluding carboxylic acids is 1. The quantitative estimate of drug-likeness (QED) is 0.520. The molecule has 1 aliphatic rings. The van der Waals surface area contributed by atoms with Gasteiger partial charge in [-0.3, -0.25) is 9.78 Å². The van der Waals surface area contributed by atoms with E-state index in [0.717, 1.165) is 54.8 Å². The largest absolute Gasteiger partial charge is 0.493 e. The number of fused-ring (bicyclic) bond motifs is 6. The third-order valence-electron chi connectivity index (χ3n) is 5.63. The maximum atomic E-state index is 13.1. The average molecular weight is 448 g/mol. The number of nitrogens with one attached hydrogen (secondary N) is 1. The van der Waals surface area contributed by atoms with Crippen LogP contribution in [-0.4, -0.2) is 47.6 Å². The number of aryl methyl sites for hydroxylation is 1. The molecule has 0 saturated heterocycles. The van der Waals surface area contributed by atoms with Gasteiger partial charge in [0, 0.05) is 25.4 Å². The van der Waals surface area contributed by atoms with Crippen LogP contribution in [0.15, 0.2) is 42.9 Å². The van der Waals surface area contributed by atoms with Gasteiger partial charge in [-0.2, -0.15) is 0 Å². The Morgan fingerprint density at radius 3 is 2.94 bits per heavy atom. The SMILES string of the molecule is CN1CCCOc2cc(ccc2CCCCN)-c2cnc(N)c(n2)C(=O)Nc2cnccc21. The summed E-state index contributed by atoms with van der Waals surface area (Å²) in [5.41, 5.74) is 15.6. The van der Waals surface area contributed by atoms with Crippen LogP contribution in [0.2, 0.25) is 0 Å². The number of rotatable bonds is 4. The molecule has 3 heterocycles. The van der Waals surface area contributed by atoms with E-state index in [4.69, 9.17) is 16.2 Å². The Morgan fingerprint density at radius 2 is 2.09 bits per heavy atom. The van der Waals surface area contributed by atoms with Crippen molar-refractivity contribution in [3.63, 3.8) is 0 Å². The fourth-order valence-corrected chi connectivity index (χ4v) is 3.82. The zero-order chi connectivity index (χ0) is 23.2. The van der Waals surface area contributed by atoms with Gasteiger partial charge in [-0.05, 0) is 49.9 Å². The maximum Gasteiger partial charge on any atom is 0.278 e. The second-order valence-electron chi connectivity index (χ2n) is 8.03. The molecular weight excluding hydrogens is 418 g/mol. The third kappa shape index (κ3) is 5.20. The van der Waals surface area contributed by atoms with Crippen LogP contribution >= 0.6 is 0 Å². The van der Waals surface area contributed by atoms with Crippen LogP contribution in [0.4, 0.5) is 17.2 Å². The summed E-state index contributed by atoms with van der Waals surface area (Å²) in [5, 5.41) is 2.89. The van der Waals surface area contributed by atoms with Gasteiger partial charge < -0.3 is 26.4 Å². The number of nitrogens with two attached hydrogens (primary N) is 2. The molecule has 0 aliphatic carbocycles. The molecule has 9 heteroatoms.